The number of alkyl halides is 3. The van der Waals surface area contributed by atoms with Crippen LogP contribution in [0.2, 0.25) is 0 Å². The Morgan fingerprint density at radius 3 is 1.67 bits per heavy atom. The molecular weight excluding hydrogens is 2410 g/mol. The first-order chi connectivity index (χ1) is 49.3. The number of anilines is 4. The quantitative estimate of drug-likeness (QED) is 0.145. The molecular formula is C88H66F3Ir5N9OPt-8. The molecule has 0 unspecified atom stereocenters. The van der Waals surface area contributed by atoms with Crippen LogP contribution in [0, 0.1) is 49.7 Å². The molecule has 10 aromatic carbocycles. The summed E-state index contributed by atoms with van der Waals surface area (Å²) in [5.74, 6) is 0. The number of pyridine rings is 3. The Bertz CT molecular complexity index is 5120. The Labute approximate surface area is 705 Å². The maximum atomic E-state index is 12.3. The van der Waals surface area contributed by atoms with E-state index in [0.717, 1.165) is 73.6 Å². The van der Waals surface area contributed by atoms with Crippen LogP contribution in [0.3, 0.4) is 0 Å². The average Bonchev–Trinajstić information content (AvgIpc) is 1.59. The van der Waals surface area contributed by atoms with Gasteiger partial charge in [-0.15, -0.1) is 124 Å². The number of para-hydroxylation sites is 4. The molecule has 19 heteroatoms. The monoisotopic (exact) mass is 2480 g/mol. The van der Waals surface area contributed by atoms with E-state index in [1.54, 1.807) is 43.0 Å². The second-order valence-corrected chi connectivity index (χ2v) is 24.0. The van der Waals surface area contributed by atoms with Gasteiger partial charge < -0.3 is 39.0 Å². The molecule has 0 amide bonds. The summed E-state index contributed by atoms with van der Waals surface area (Å²) in [5, 5.41) is 6.56. The van der Waals surface area contributed by atoms with Gasteiger partial charge in [0.2, 0.25) is 0 Å². The van der Waals surface area contributed by atoms with Gasteiger partial charge >= 0.3 is 6.18 Å². The van der Waals surface area contributed by atoms with Crippen molar-refractivity contribution in [2.75, 3.05) is 28.8 Å². The molecule has 107 heavy (non-hydrogen) atoms. The molecule has 18 rings (SSSR count). The number of hydrogen-bond acceptors (Lipinski definition) is 9. The van der Waals surface area contributed by atoms with Crippen molar-refractivity contribution in [2.24, 2.45) is 0 Å². The van der Waals surface area contributed by atoms with Crippen molar-refractivity contribution in [3.05, 3.63) is 383 Å². The van der Waals surface area contributed by atoms with Crippen LogP contribution < -0.4 is 14.7 Å². The number of fused-ring (bicyclic) bond motifs is 7. The SMILES string of the molecule is CC1(C)c2ccccc2-c2c[c-]c(-n3cccn3)cc21.CN1C=CN(c2[c-]ccc3c2oc2ccccc23)[CH-]1.CN1[CH-]N(c2[c-]cccc2)c2ccccc21.FC(F)(F)c1c[c-]c(-c2ccccn2)cc1.[Ir].[Ir].[Ir].[Ir].[Ir].[Pt].[c-]1ccc(-c2ccccc2)cc1-c1ccccn1.[c-]1ccccc1-c1ccccn1. The third-order valence-electron chi connectivity index (χ3n) is 16.9. The average molecular weight is 2480 g/mol. The number of rotatable bonds is 7. The Kier molecular flexibility index (Phi) is 32.4. The minimum Gasteiger partial charge on any atom is -0.514 e. The molecule has 0 saturated heterocycles. The van der Waals surface area contributed by atoms with Gasteiger partial charge in [-0.05, 0) is 114 Å². The summed E-state index contributed by atoms with van der Waals surface area (Å²) < 4.78 is 44.7. The van der Waals surface area contributed by atoms with E-state index in [1.807, 2.05) is 186 Å². The minimum absolute atomic E-state index is 0. The van der Waals surface area contributed by atoms with E-state index in [9.17, 15) is 13.2 Å². The van der Waals surface area contributed by atoms with Crippen molar-refractivity contribution in [3.63, 3.8) is 0 Å². The van der Waals surface area contributed by atoms with E-state index >= 15 is 0 Å². The predicted octanol–water partition coefficient (Wildman–Crippen LogP) is 21.2. The van der Waals surface area contributed by atoms with Crippen molar-refractivity contribution >= 4 is 44.7 Å². The van der Waals surface area contributed by atoms with E-state index in [1.165, 1.54) is 50.8 Å². The Hall–Kier alpha value is -8.67. The molecule has 0 atom stereocenters. The second-order valence-electron chi connectivity index (χ2n) is 24.0. The third-order valence-corrected chi connectivity index (χ3v) is 16.9. The van der Waals surface area contributed by atoms with E-state index in [2.05, 4.69) is 191 Å². The van der Waals surface area contributed by atoms with Crippen LogP contribution in [-0.4, -0.2) is 43.7 Å². The summed E-state index contributed by atoms with van der Waals surface area (Å²) in [5.41, 5.74) is 19.5. The molecule has 2 aliphatic heterocycles. The van der Waals surface area contributed by atoms with E-state index in [-0.39, 0.29) is 127 Å². The van der Waals surface area contributed by atoms with Gasteiger partial charge in [0.1, 0.15) is 5.58 Å². The van der Waals surface area contributed by atoms with Crippen LogP contribution >= 0.6 is 0 Å². The minimum atomic E-state index is -4.32. The van der Waals surface area contributed by atoms with E-state index in [4.69, 9.17) is 4.42 Å². The molecule has 10 nitrogen and oxygen atoms in total. The largest absolute Gasteiger partial charge is 0.514 e. The number of benzene rings is 10. The number of nitrogens with zero attached hydrogens (tertiary/aromatic N) is 9. The van der Waals surface area contributed by atoms with Crippen molar-refractivity contribution in [1.82, 2.24) is 29.6 Å². The fraction of sp³-hybridized carbons (Fsp3) is 0.0682. The van der Waals surface area contributed by atoms with Crippen molar-refractivity contribution in [1.29, 1.82) is 0 Å². The van der Waals surface area contributed by atoms with Crippen LogP contribution in [0.1, 0.15) is 30.5 Å². The summed E-state index contributed by atoms with van der Waals surface area (Å²) in [7, 11) is 4.05. The summed E-state index contributed by atoms with van der Waals surface area (Å²) in [6.45, 7) is 8.64. The molecule has 0 fully saturated rings. The third kappa shape index (κ3) is 21.0. The topological polar surface area (TPSA) is 82.6 Å². The van der Waals surface area contributed by atoms with E-state index < -0.39 is 11.7 Å². The molecule has 0 N–H and O–H groups in total. The molecule has 5 aromatic heterocycles. The van der Waals surface area contributed by atoms with Crippen LogP contribution in [-0.2, 0) is 133 Å². The molecule has 1 aliphatic carbocycles. The van der Waals surface area contributed by atoms with Gasteiger partial charge in [0.05, 0.1) is 0 Å². The molecule has 0 spiro atoms. The maximum absolute atomic E-state index is 12.3. The number of furan rings is 1. The summed E-state index contributed by atoms with van der Waals surface area (Å²) in [6, 6.07) is 107. The molecule has 3 aliphatic rings. The van der Waals surface area contributed by atoms with Crippen molar-refractivity contribution < 1.29 is 139 Å². The van der Waals surface area contributed by atoms with Gasteiger partial charge in [-0.3, -0.25) is 4.68 Å². The Morgan fingerprint density at radius 1 is 0.449 bits per heavy atom. The maximum Gasteiger partial charge on any atom is 0.381 e. The van der Waals surface area contributed by atoms with Crippen LogP contribution in [0.15, 0.2) is 321 Å². The number of aromatic nitrogens is 5. The number of halogens is 3. The van der Waals surface area contributed by atoms with Gasteiger partial charge in [0, 0.05) is 175 Å². The summed E-state index contributed by atoms with van der Waals surface area (Å²) >= 11 is 0. The summed E-state index contributed by atoms with van der Waals surface area (Å²) in [4.78, 5) is 20.9. The normalized spacial score (nSPS) is 12.1. The molecule has 0 bridgehead atoms. The van der Waals surface area contributed by atoms with Crippen molar-refractivity contribution in [3.8, 4) is 61.7 Å². The van der Waals surface area contributed by atoms with Crippen LogP contribution in [0.4, 0.5) is 35.9 Å². The van der Waals surface area contributed by atoms with Crippen molar-refractivity contribution in [2.45, 2.75) is 25.4 Å². The zero-order valence-corrected chi connectivity index (χ0v) is 72.0. The standard InChI is InChI=1S/C18H15N2.C17H12N.C16H12N2O.C14H12N2.C12H7F3N.C11H8N.5Ir.Pt/c1-18(2)16-7-4-3-6-14(16)15-9-8-13(12-17(15)18)20-11-5-10-19-20;1-2-7-14(8-3-1)15-9-6-10-16(13-15)17-11-4-5-12-18-17;1-17-9-10-18(11-17)14-7-4-6-13-12-5-2-3-8-15(12)19-16(13)14;1-15-11-16(12-7-3-2-4-8-12)14-10-6-5-9-13(14)15;13-12(14,15)10-6-4-9(5-7-10)11-3-1-2-8-16-11;1-2-6-10(7-3-1)11-8-4-5-9-12-11;;;;;;/h3-7,9-12H,1-2H3;1-9,11-13H;2-6,8-11H,1H3;2-7,9-11H,1H3;1-4,6-8H;1-6,8-9H;;;;;;/q2*-1;2*-2;2*-1;;;;;;. The summed E-state index contributed by atoms with van der Waals surface area (Å²) in [6.07, 6.45) is 8.59. The van der Waals surface area contributed by atoms with Gasteiger partial charge in [-0.1, -0.05) is 152 Å². The smallest absolute Gasteiger partial charge is 0.381 e. The molecule has 5 radical (unpaired) electrons. The number of hydrogen-bond donors (Lipinski definition) is 0. The molecule has 15 aromatic rings. The molecule has 7 heterocycles. The fourth-order valence-corrected chi connectivity index (χ4v) is 11.9. The first-order valence-electron chi connectivity index (χ1n) is 32.7. The van der Waals surface area contributed by atoms with Crippen LogP contribution in [0.25, 0.3) is 83.7 Å². The zero-order valence-electron chi connectivity index (χ0n) is 57.7. The first kappa shape index (κ1) is 85.6. The zero-order chi connectivity index (χ0) is 69.6. The Balaban J connectivity index is 0.000000178. The predicted molar refractivity (Wildman–Crippen MR) is 399 cm³/mol. The van der Waals surface area contributed by atoms with E-state index in [0.29, 0.717) is 11.3 Å². The second kappa shape index (κ2) is 40.5. The van der Waals surface area contributed by atoms with Gasteiger partial charge in [0.15, 0.2) is 0 Å². The fourth-order valence-electron chi connectivity index (χ4n) is 11.9. The first-order valence-corrected chi connectivity index (χ1v) is 32.7. The van der Waals surface area contributed by atoms with Gasteiger partial charge in [-0.25, -0.2) is 0 Å². The Morgan fingerprint density at radius 2 is 1.06 bits per heavy atom. The van der Waals surface area contributed by atoms with Crippen LogP contribution in [0.5, 0.6) is 0 Å². The molecule has 553 valence electrons. The van der Waals surface area contributed by atoms with Gasteiger partial charge in [-0.2, -0.15) is 92.3 Å². The molecule has 0 saturated carbocycles. The van der Waals surface area contributed by atoms with Gasteiger partial charge in [0.25, 0.3) is 0 Å².